The van der Waals surface area contributed by atoms with E-state index in [0.717, 1.165) is 0 Å². The zero-order valence-electron chi connectivity index (χ0n) is 5.56. The molecule has 0 bridgehead atoms. The van der Waals surface area contributed by atoms with E-state index in [1.165, 1.54) is 0 Å². The molecule has 0 atom stereocenters. The quantitative estimate of drug-likeness (QED) is 0.507. The molecule has 0 heterocycles. The third kappa shape index (κ3) is 40.9. The smallest absolute Gasteiger partial charge is 0.136 e. The van der Waals surface area contributed by atoms with Crippen molar-refractivity contribution in [1.29, 1.82) is 0 Å². The molecule has 0 aliphatic carbocycles. The Morgan fingerprint density at radius 2 is 0.667 bits per heavy atom. The Morgan fingerprint density at radius 1 is 0.583 bits per heavy atom. The van der Waals surface area contributed by atoms with Gasteiger partial charge < -0.3 is 0 Å². The fourth-order valence-corrected chi connectivity index (χ4v) is 0. The van der Waals surface area contributed by atoms with E-state index in [0.29, 0.717) is 0 Å². The lowest BCUT2D eigenvalue weighted by atomic mass is 11.2. The molecule has 0 nitrogen and oxygen atoms in total. The molecule has 8 heteroatoms. The molecule has 0 aliphatic rings. The summed E-state index contributed by atoms with van der Waals surface area (Å²) in [6.45, 7) is 6.00. The van der Waals surface area contributed by atoms with Crippen molar-refractivity contribution >= 4 is 96.0 Å². The van der Waals surface area contributed by atoms with Gasteiger partial charge in [0.2, 0.25) is 0 Å². The molecule has 0 aliphatic heterocycles. The predicted molar refractivity (Wildman–Crippen MR) is 70.7 cm³/mol. The van der Waals surface area contributed by atoms with Crippen molar-refractivity contribution in [2.24, 2.45) is 0 Å². The Hall–Kier alpha value is 1.80. The van der Waals surface area contributed by atoms with E-state index in [-0.39, 0.29) is 58.6 Å². The second kappa shape index (κ2) is 29.3. The van der Waals surface area contributed by atoms with Crippen LogP contribution in [-0.2, 0) is 0 Å². The van der Waals surface area contributed by atoms with E-state index in [2.05, 4.69) is 13.2 Å². The lowest BCUT2D eigenvalue weighted by Gasteiger charge is -1.75. The predicted octanol–water partition coefficient (Wildman–Crippen LogP) is 5.56. The summed E-state index contributed by atoms with van der Waals surface area (Å²) < 4.78 is -0.198. The van der Waals surface area contributed by atoms with Crippen molar-refractivity contribution in [3.8, 4) is 0 Å². The van der Waals surface area contributed by atoms with E-state index in [1.807, 2.05) is 0 Å². The molecule has 0 amide bonds. The highest BCUT2D eigenvalue weighted by Gasteiger charge is 1.88. The first-order chi connectivity index (χ1) is 3.64. The average molecular weight is 340 g/mol. The first kappa shape index (κ1) is 37.2. The molecule has 80 valence electrons. The van der Waals surface area contributed by atoms with Crippen LogP contribution in [0.1, 0.15) is 0 Å². The Morgan fingerprint density at radius 3 is 0.667 bits per heavy atom. The Kier molecular flexibility index (Phi) is 90.7. The van der Waals surface area contributed by atoms with E-state index in [1.54, 1.807) is 0 Å². The molecule has 0 aromatic rings. The largest absolute Gasteiger partial charge is 0.147 e. The molecule has 0 saturated carbocycles. The summed E-state index contributed by atoms with van der Waals surface area (Å²) in [5, 5.41) is 0. The highest BCUT2D eigenvalue weighted by molar-refractivity contribution is 6.67. The first-order valence-electron chi connectivity index (χ1n) is 1.51. The standard InChI is InChI=1S/C2Cl4.C2H4.4ClH/c3-1(4)2(5)6;1-2;;;;/h;1-2H2;4*1H. The van der Waals surface area contributed by atoms with Crippen LogP contribution in [0.15, 0.2) is 22.1 Å². The Bertz CT molecular complexity index is 71.1. The molecule has 0 saturated heterocycles. The monoisotopic (exact) mass is 336 g/mol. The zero-order chi connectivity index (χ0) is 7.15. The zero-order valence-corrected chi connectivity index (χ0v) is 11.8. The normalized spacial score (nSPS) is 4.33. The summed E-state index contributed by atoms with van der Waals surface area (Å²) >= 11 is 20.0. The molecule has 0 aromatic carbocycles. The van der Waals surface area contributed by atoms with Crippen LogP contribution >= 0.6 is 96.0 Å². The number of halogens is 8. The average Bonchev–Trinajstić information content (AvgIpc) is 1.72. The Labute approximate surface area is 117 Å². The highest BCUT2D eigenvalue weighted by Crippen LogP contribution is 2.20. The van der Waals surface area contributed by atoms with Gasteiger partial charge in [0.15, 0.2) is 0 Å². The van der Waals surface area contributed by atoms with Gasteiger partial charge in [0.1, 0.15) is 8.98 Å². The summed E-state index contributed by atoms with van der Waals surface area (Å²) in [6, 6.07) is 0. The second-order valence-corrected chi connectivity index (χ2v) is 2.42. The van der Waals surface area contributed by atoms with Gasteiger partial charge in [-0.1, -0.05) is 46.4 Å². The van der Waals surface area contributed by atoms with Crippen LogP contribution in [0.3, 0.4) is 0 Å². The van der Waals surface area contributed by atoms with Gasteiger partial charge in [-0.25, -0.2) is 0 Å². The van der Waals surface area contributed by atoms with Gasteiger partial charge in [0.25, 0.3) is 0 Å². The minimum atomic E-state index is -0.0988. The lowest BCUT2D eigenvalue weighted by molar-refractivity contribution is 2.25. The SMILES string of the molecule is C=C.Cl.Cl.Cl.Cl.ClC(Cl)=C(Cl)Cl. The lowest BCUT2D eigenvalue weighted by Crippen LogP contribution is -1.47. The summed E-state index contributed by atoms with van der Waals surface area (Å²) in [5.74, 6) is 0. The number of hydrogen-bond acceptors (Lipinski definition) is 0. The molecule has 12 heavy (non-hydrogen) atoms. The van der Waals surface area contributed by atoms with Crippen molar-refractivity contribution in [2.75, 3.05) is 0 Å². The maximum atomic E-state index is 4.99. The van der Waals surface area contributed by atoms with Crippen LogP contribution in [-0.4, -0.2) is 0 Å². The summed E-state index contributed by atoms with van der Waals surface area (Å²) in [7, 11) is 0. The number of hydrogen-bond donors (Lipinski definition) is 0. The molecule has 0 unspecified atom stereocenters. The molecule has 0 radical (unpaired) electrons. The fraction of sp³-hybridized carbons (Fsp3) is 0. The number of rotatable bonds is 0. The summed E-state index contributed by atoms with van der Waals surface area (Å²) in [6.07, 6.45) is 0. The molecule has 0 spiro atoms. The van der Waals surface area contributed by atoms with Crippen molar-refractivity contribution in [2.45, 2.75) is 0 Å². The molecular formula is C4H8Cl8. The summed E-state index contributed by atoms with van der Waals surface area (Å²) in [4.78, 5) is 0. The van der Waals surface area contributed by atoms with Gasteiger partial charge in [-0.3, -0.25) is 0 Å². The van der Waals surface area contributed by atoms with Crippen LogP contribution in [0.5, 0.6) is 0 Å². The van der Waals surface area contributed by atoms with Crippen LogP contribution in [0.4, 0.5) is 0 Å². The van der Waals surface area contributed by atoms with Crippen molar-refractivity contribution in [3.05, 3.63) is 22.1 Å². The highest BCUT2D eigenvalue weighted by atomic mass is 35.5. The van der Waals surface area contributed by atoms with Gasteiger partial charge in [0, 0.05) is 0 Å². The third-order valence-electron chi connectivity index (χ3n) is 0.143. The molecular weight excluding hydrogens is 332 g/mol. The molecule has 0 rings (SSSR count). The van der Waals surface area contributed by atoms with Gasteiger partial charge in [-0.15, -0.1) is 62.8 Å². The van der Waals surface area contributed by atoms with Crippen LogP contribution in [0.2, 0.25) is 0 Å². The van der Waals surface area contributed by atoms with Gasteiger partial charge in [0.05, 0.1) is 0 Å². The van der Waals surface area contributed by atoms with E-state index < -0.39 is 0 Å². The third-order valence-corrected chi connectivity index (χ3v) is 1.29. The topological polar surface area (TPSA) is 0 Å². The van der Waals surface area contributed by atoms with E-state index >= 15 is 0 Å². The minimum absolute atomic E-state index is 0. The van der Waals surface area contributed by atoms with Gasteiger partial charge >= 0.3 is 0 Å². The second-order valence-electron chi connectivity index (χ2n) is 0.521. The minimum Gasteiger partial charge on any atom is -0.147 e. The van der Waals surface area contributed by atoms with Gasteiger partial charge in [-0.05, 0) is 0 Å². The fourth-order valence-electron chi connectivity index (χ4n) is 0. The maximum Gasteiger partial charge on any atom is 0.136 e. The van der Waals surface area contributed by atoms with Crippen LogP contribution < -0.4 is 0 Å². The van der Waals surface area contributed by atoms with Crippen LogP contribution in [0.25, 0.3) is 0 Å². The Balaban J connectivity index is -0.0000000140. The van der Waals surface area contributed by atoms with Crippen LogP contribution in [0, 0.1) is 0 Å². The summed E-state index contributed by atoms with van der Waals surface area (Å²) in [5.41, 5.74) is 0. The van der Waals surface area contributed by atoms with Crippen molar-refractivity contribution in [3.63, 3.8) is 0 Å². The molecule has 0 N–H and O–H groups in total. The first-order valence-corrected chi connectivity index (χ1v) is 3.02. The van der Waals surface area contributed by atoms with E-state index in [4.69, 9.17) is 46.4 Å². The van der Waals surface area contributed by atoms with Crippen molar-refractivity contribution in [1.82, 2.24) is 0 Å². The maximum absolute atomic E-state index is 4.99. The van der Waals surface area contributed by atoms with E-state index in [9.17, 15) is 0 Å². The molecule has 0 fully saturated rings. The molecule has 0 aromatic heterocycles. The van der Waals surface area contributed by atoms with Crippen molar-refractivity contribution < 1.29 is 0 Å². The van der Waals surface area contributed by atoms with Gasteiger partial charge in [-0.2, -0.15) is 0 Å².